The van der Waals surface area contributed by atoms with Gasteiger partial charge in [0.25, 0.3) is 0 Å². The summed E-state index contributed by atoms with van der Waals surface area (Å²) in [6.45, 7) is 11.5. The Kier molecular flexibility index (Phi) is 4.70. The lowest BCUT2D eigenvalue weighted by atomic mass is 9.79. The third-order valence-corrected chi connectivity index (χ3v) is 5.14. The van der Waals surface area contributed by atoms with Crippen molar-refractivity contribution in [3.8, 4) is 0 Å². The minimum atomic E-state index is 0.219. The van der Waals surface area contributed by atoms with Crippen molar-refractivity contribution in [3.05, 3.63) is 29.3 Å². The first-order chi connectivity index (χ1) is 10.8. The predicted octanol–water partition coefficient (Wildman–Crippen LogP) is 3.49. The van der Waals surface area contributed by atoms with E-state index in [1.54, 1.807) is 0 Å². The molecule has 0 bridgehead atoms. The summed E-state index contributed by atoms with van der Waals surface area (Å²) in [6.07, 6.45) is 6.00. The lowest BCUT2D eigenvalue weighted by Crippen LogP contribution is -2.61. The summed E-state index contributed by atoms with van der Waals surface area (Å²) in [6, 6.07) is 7.57. The number of piperidine rings is 1. The van der Waals surface area contributed by atoms with Crippen molar-refractivity contribution in [1.29, 1.82) is 0 Å². The maximum Gasteiger partial charge on any atom is 0.0372 e. The molecule has 1 saturated heterocycles. The highest BCUT2D eigenvalue weighted by Gasteiger charge is 2.37. The maximum absolute atomic E-state index is 3.81. The van der Waals surface area contributed by atoms with E-state index < -0.39 is 0 Å². The van der Waals surface area contributed by atoms with Crippen LogP contribution in [0, 0.1) is 0 Å². The molecule has 3 heteroatoms. The van der Waals surface area contributed by atoms with E-state index in [0.717, 1.165) is 19.5 Å². The van der Waals surface area contributed by atoms with E-state index in [4.69, 9.17) is 0 Å². The van der Waals surface area contributed by atoms with Gasteiger partial charge >= 0.3 is 0 Å². The minimum absolute atomic E-state index is 0.219. The quantitative estimate of drug-likeness (QED) is 0.796. The molecular formula is C20H33N3. The van der Waals surface area contributed by atoms with E-state index in [9.17, 15) is 0 Å². The van der Waals surface area contributed by atoms with Crippen molar-refractivity contribution < 1.29 is 0 Å². The standard InChI is InChI=1S/C20H33N3/c1-19(2)13-17(14-20(3,4)23-19)21-11-9-15-7-8-18-16(12-15)6-5-10-22-18/h7-8,12,17,21-23H,5-6,9-11,13-14H2,1-4H3. The molecular weight excluding hydrogens is 282 g/mol. The van der Waals surface area contributed by atoms with Crippen LogP contribution in [0.3, 0.4) is 0 Å². The number of aryl methyl sites for hydroxylation is 1. The molecule has 0 amide bonds. The molecule has 3 nitrogen and oxygen atoms in total. The monoisotopic (exact) mass is 315 g/mol. The van der Waals surface area contributed by atoms with Gasteiger partial charge in [0.2, 0.25) is 0 Å². The molecule has 2 aliphatic heterocycles. The van der Waals surface area contributed by atoms with Crippen molar-refractivity contribution >= 4 is 5.69 Å². The molecule has 1 aromatic rings. The molecule has 23 heavy (non-hydrogen) atoms. The summed E-state index contributed by atoms with van der Waals surface area (Å²) in [7, 11) is 0. The number of benzene rings is 1. The Bertz CT molecular complexity index is 532. The summed E-state index contributed by atoms with van der Waals surface area (Å²) >= 11 is 0. The van der Waals surface area contributed by atoms with Crippen LogP contribution in [0.4, 0.5) is 5.69 Å². The number of rotatable bonds is 4. The van der Waals surface area contributed by atoms with Crippen molar-refractivity contribution in [1.82, 2.24) is 10.6 Å². The zero-order valence-electron chi connectivity index (χ0n) is 15.3. The smallest absolute Gasteiger partial charge is 0.0372 e. The fourth-order valence-electron chi connectivity index (χ4n) is 4.57. The van der Waals surface area contributed by atoms with Crippen LogP contribution in [-0.4, -0.2) is 30.2 Å². The number of hydrogen-bond donors (Lipinski definition) is 3. The third-order valence-electron chi connectivity index (χ3n) is 5.14. The Balaban J connectivity index is 1.53. The molecule has 2 heterocycles. The van der Waals surface area contributed by atoms with Gasteiger partial charge in [-0.3, -0.25) is 0 Å². The average molecular weight is 316 g/mol. The van der Waals surface area contributed by atoms with Crippen LogP contribution in [0.25, 0.3) is 0 Å². The molecule has 128 valence electrons. The molecule has 0 aromatic heterocycles. The normalized spacial score (nSPS) is 23.1. The number of hydrogen-bond acceptors (Lipinski definition) is 3. The molecule has 0 saturated carbocycles. The van der Waals surface area contributed by atoms with Gasteiger partial charge in [-0.25, -0.2) is 0 Å². The van der Waals surface area contributed by atoms with Gasteiger partial charge < -0.3 is 16.0 Å². The SMILES string of the molecule is CC1(C)CC(NCCc2ccc3c(c2)CCCN3)CC(C)(C)N1. The second kappa shape index (κ2) is 6.45. The fraction of sp³-hybridized carbons (Fsp3) is 0.700. The van der Waals surface area contributed by atoms with Crippen LogP contribution in [0.5, 0.6) is 0 Å². The first-order valence-corrected chi connectivity index (χ1v) is 9.21. The predicted molar refractivity (Wildman–Crippen MR) is 99.3 cm³/mol. The lowest BCUT2D eigenvalue weighted by molar-refractivity contribution is 0.147. The van der Waals surface area contributed by atoms with Crippen LogP contribution < -0.4 is 16.0 Å². The molecule has 3 N–H and O–H groups in total. The second-order valence-electron chi connectivity index (χ2n) is 8.72. The molecule has 0 radical (unpaired) electrons. The summed E-state index contributed by atoms with van der Waals surface area (Å²) in [5.41, 5.74) is 4.74. The summed E-state index contributed by atoms with van der Waals surface area (Å²) in [5.74, 6) is 0. The number of nitrogens with one attached hydrogen (secondary N) is 3. The van der Waals surface area contributed by atoms with Crippen molar-refractivity contribution in [2.24, 2.45) is 0 Å². The molecule has 3 rings (SSSR count). The van der Waals surface area contributed by atoms with E-state index >= 15 is 0 Å². The average Bonchev–Trinajstić information content (AvgIpc) is 2.44. The van der Waals surface area contributed by atoms with E-state index in [1.807, 2.05) is 0 Å². The van der Waals surface area contributed by atoms with Gasteiger partial charge in [-0.15, -0.1) is 0 Å². The van der Waals surface area contributed by atoms with E-state index in [0.29, 0.717) is 6.04 Å². The highest BCUT2D eigenvalue weighted by atomic mass is 15.1. The van der Waals surface area contributed by atoms with Gasteiger partial charge in [0.15, 0.2) is 0 Å². The summed E-state index contributed by atoms with van der Waals surface area (Å²) in [4.78, 5) is 0. The maximum atomic E-state index is 3.81. The Morgan fingerprint density at radius 1 is 1.13 bits per heavy atom. The van der Waals surface area contributed by atoms with Crippen molar-refractivity contribution in [2.45, 2.75) is 76.9 Å². The Labute approximate surface area is 141 Å². The van der Waals surface area contributed by atoms with Gasteiger partial charge in [0.05, 0.1) is 0 Å². The largest absolute Gasteiger partial charge is 0.385 e. The first kappa shape index (κ1) is 16.8. The molecule has 0 unspecified atom stereocenters. The van der Waals surface area contributed by atoms with Crippen molar-refractivity contribution in [2.75, 3.05) is 18.4 Å². The van der Waals surface area contributed by atoms with Gasteiger partial charge in [-0.2, -0.15) is 0 Å². The topological polar surface area (TPSA) is 36.1 Å². The van der Waals surface area contributed by atoms with Gasteiger partial charge in [-0.05, 0) is 83.5 Å². The molecule has 0 spiro atoms. The van der Waals surface area contributed by atoms with Crippen LogP contribution in [0.1, 0.15) is 58.1 Å². The second-order valence-corrected chi connectivity index (χ2v) is 8.72. The zero-order valence-corrected chi connectivity index (χ0v) is 15.3. The molecule has 1 fully saturated rings. The fourth-order valence-corrected chi connectivity index (χ4v) is 4.57. The number of anilines is 1. The zero-order chi connectivity index (χ0) is 16.5. The molecule has 0 atom stereocenters. The van der Waals surface area contributed by atoms with E-state index in [1.165, 1.54) is 42.5 Å². The Morgan fingerprint density at radius 3 is 2.61 bits per heavy atom. The third kappa shape index (κ3) is 4.48. The summed E-state index contributed by atoms with van der Waals surface area (Å²) in [5, 5.41) is 11.1. The Hall–Kier alpha value is -1.06. The van der Waals surface area contributed by atoms with Gasteiger partial charge in [0.1, 0.15) is 0 Å². The van der Waals surface area contributed by atoms with Gasteiger partial charge in [0, 0.05) is 29.4 Å². The van der Waals surface area contributed by atoms with Crippen LogP contribution >= 0.6 is 0 Å². The van der Waals surface area contributed by atoms with E-state index in [2.05, 4.69) is 61.8 Å². The molecule has 1 aromatic carbocycles. The highest BCUT2D eigenvalue weighted by Crippen LogP contribution is 2.28. The highest BCUT2D eigenvalue weighted by molar-refractivity contribution is 5.54. The van der Waals surface area contributed by atoms with Gasteiger partial charge in [-0.1, -0.05) is 12.1 Å². The van der Waals surface area contributed by atoms with Crippen LogP contribution in [-0.2, 0) is 12.8 Å². The van der Waals surface area contributed by atoms with Crippen molar-refractivity contribution in [3.63, 3.8) is 0 Å². The van der Waals surface area contributed by atoms with E-state index in [-0.39, 0.29) is 11.1 Å². The number of fused-ring (bicyclic) bond motifs is 1. The van der Waals surface area contributed by atoms with Crippen LogP contribution in [0.15, 0.2) is 18.2 Å². The Morgan fingerprint density at radius 2 is 1.87 bits per heavy atom. The van der Waals surface area contributed by atoms with Crippen LogP contribution in [0.2, 0.25) is 0 Å². The molecule has 0 aliphatic carbocycles. The molecule has 2 aliphatic rings. The first-order valence-electron chi connectivity index (χ1n) is 9.21. The summed E-state index contributed by atoms with van der Waals surface area (Å²) < 4.78 is 0. The minimum Gasteiger partial charge on any atom is -0.385 e. The lowest BCUT2D eigenvalue weighted by Gasteiger charge is -2.46.